The van der Waals surface area contributed by atoms with Crippen molar-refractivity contribution >= 4 is 43.2 Å². The summed E-state index contributed by atoms with van der Waals surface area (Å²) < 4.78 is 4.30. The highest BCUT2D eigenvalue weighted by Crippen LogP contribution is 2.35. The second-order valence-corrected chi connectivity index (χ2v) is 8.56. The molecule has 0 saturated heterocycles. The van der Waals surface area contributed by atoms with Crippen LogP contribution in [0.2, 0.25) is 0 Å². The predicted molar refractivity (Wildman–Crippen MR) is 90.1 cm³/mol. The Hall–Kier alpha value is -0.170. The predicted octanol–water partition coefficient (Wildman–Crippen LogP) is 4.83. The highest BCUT2D eigenvalue weighted by molar-refractivity contribution is 9.13. The monoisotopic (exact) mass is 417 g/mol. The van der Waals surface area contributed by atoms with Crippen LogP contribution in [0.4, 0.5) is 0 Å². The van der Waals surface area contributed by atoms with E-state index in [1.807, 2.05) is 0 Å². The quantitative estimate of drug-likeness (QED) is 0.772. The molecule has 0 amide bonds. The summed E-state index contributed by atoms with van der Waals surface area (Å²) >= 11 is 8.71. The van der Waals surface area contributed by atoms with Crippen molar-refractivity contribution in [1.82, 2.24) is 9.78 Å². The molecule has 20 heavy (non-hydrogen) atoms. The minimum atomic E-state index is 0.00882. The first kappa shape index (κ1) is 14.8. The van der Waals surface area contributed by atoms with Crippen molar-refractivity contribution in [3.05, 3.63) is 37.2 Å². The van der Waals surface area contributed by atoms with Crippen LogP contribution in [-0.2, 0) is 6.42 Å². The third kappa shape index (κ3) is 3.18. The molecule has 1 atom stereocenters. The van der Waals surface area contributed by atoms with Crippen LogP contribution in [0.5, 0.6) is 0 Å². The maximum atomic E-state index is 6.29. The number of hydrogen-bond acceptors (Lipinski definition) is 3. The van der Waals surface area contributed by atoms with Gasteiger partial charge in [0, 0.05) is 28.0 Å². The molecule has 1 unspecified atom stereocenters. The summed E-state index contributed by atoms with van der Waals surface area (Å²) in [5.41, 5.74) is 7.38. The fourth-order valence-corrected chi connectivity index (χ4v) is 4.82. The summed E-state index contributed by atoms with van der Waals surface area (Å²) in [4.78, 5) is 1.18. The van der Waals surface area contributed by atoms with E-state index in [2.05, 4.69) is 54.9 Å². The molecule has 1 saturated carbocycles. The number of thiophene rings is 1. The van der Waals surface area contributed by atoms with Gasteiger partial charge in [-0.2, -0.15) is 5.10 Å². The van der Waals surface area contributed by atoms with Gasteiger partial charge in [-0.05, 0) is 56.8 Å². The molecule has 108 valence electrons. The molecule has 3 nitrogen and oxygen atoms in total. The van der Waals surface area contributed by atoms with Crippen LogP contribution >= 0.6 is 43.2 Å². The molecule has 1 fully saturated rings. The maximum absolute atomic E-state index is 6.29. The molecule has 0 bridgehead atoms. The Morgan fingerprint density at radius 2 is 2.15 bits per heavy atom. The summed E-state index contributed by atoms with van der Waals surface area (Å²) in [6.07, 6.45) is 8.08. The molecule has 1 aliphatic carbocycles. The molecule has 2 heterocycles. The van der Waals surface area contributed by atoms with Gasteiger partial charge in [-0.25, -0.2) is 0 Å². The average Bonchev–Trinajstić information content (AvgIpc) is 3.11. The minimum Gasteiger partial charge on any atom is -0.323 e. The fraction of sp³-hybridized carbons (Fsp3) is 0.500. The smallest absolute Gasteiger partial charge is 0.0843 e. The van der Waals surface area contributed by atoms with Gasteiger partial charge in [0.05, 0.1) is 15.5 Å². The van der Waals surface area contributed by atoms with E-state index in [-0.39, 0.29) is 6.04 Å². The lowest BCUT2D eigenvalue weighted by atomic mass is 10.1. The summed E-state index contributed by atoms with van der Waals surface area (Å²) in [6, 6.07) is 4.81. The van der Waals surface area contributed by atoms with E-state index < -0.39 is 0 Å². The average molecular weight is 419 g/mol. The van der Waals surface area contributed by atoms with Crippen LogP contribution in [0.3, 0.4) is 0 Å². The van der Waals surface area contributed by atoms with Crippen LogP contribution in [0.1, 0.15) is 48.3 Å². The fourth-order valence-electron chi connectivity index (χ4n) is 2.73. The Bertz CT molecular complexity index is 568. The van der Waals surface area contributed by atoms with Crippen molar-refractivity contribution in [3.63, 3.8) is 0 Å². The molecule has 0 aromatic carbocycles. The number of aromatic nitrogens is 2. The molecule has 0 spiro atoms. The Labute approximate surface area is 139 Å². The van der Waals surface area contributed by atoms with Gasteiger partial charge in [0.2, 0.25) is 0 Å². The van der Waals surface area contributed by atoms with Gasteiger partial charge < -0.3 is 5.73 Å². The Balaban J connectivity index is 1.68. The summed E-state index contributed by atoms with van der Waals surface area (Å²) in [5, 5.41) is 4.70. The largest absolute Gasteiger partial charge is 0.323 e. The van der Waals surface area contributed by atoms with E-state index in [1.165, 1.54) is 30.6 Å². The van der Waals surface area contributed by atoms with Gasteiger partial charge in [0.1, 0.15) is 0 Å². The number of rotatable bonds is 4. The van der Waals surface area contributed by atoms with Crippen molar-refractivity contribution in [2.45, 2.75) is 44.2 Å². The lowest BCUT2D eigenvalue weighted by Gasteiger charge is -2.10. The van der Waals surface area contributed by atoms with Crippen molar-refractivity contribution in [2.75, 3.05) is 0 Å². The molecular formula is C14H17Br2N3S. The Morgan fingerprint density at radius 1 is 1.40 bits per heavy atom. The zero-order valence-electron chi connectivity index (χ0n) is 11.1. The lowest BCUT2D eigenvalue weighted by Crippen LogP contribution is -2.13. The standard InChI is InChI=1S/C14H17Br2N3S/c15-11-8-13(20-14(11)16)12(17)7-9-5-6-19(18-9)10-3-1-2-4-10/h5-6,8,10,12H,1-4,7,17H2. The molecule has 6 heteroatoms. The van der Waals surface area contributed by atoms with Crippen molar-refractivity contribution in [1.29, 1.82) is 0 Å². The molecule has 3 rings (SSSR count). The third-order valence-electron chi connectivity index (χ3n) is 3.82. The minimum absolute atomic E-state index is 0.00882. The first-order chi connectivity index (χ1) is 9.63. The van der Waals surface area contributed by atoms with E-state index in [4.69, 9.17) is 10.8 Å². The topological polar surface area (TPSA) is 43.8 Å². The van der Waals surface area contributed by atoms with Crippen LogP contribution in [0.15, 0.2) is 26.6 Å². The van der Waals surface area contributed by atoms with Gasteiger partial charge in [-0.15, -0.1) is 11.3 Å². The summed E-state index contributed by atoms with van der Waals surface area (Å²) in [5.74, 6) is 0. The molecule has 1 aliphatic rings. The van der Waals surface area contributed by atoms with Crippen molar-refractivity contribution in [2.24, 2.45) is 5.73 Å². The van der Waals surface area contributed by atoms with E-state index >= 15 is 0 Å². The van der Waals surface area contributed by atoms with Crippen LogP contribution in [-0.4, -0.2) is 9.78 Å². The number of halogens is 2. The molecular weight excluding hydrogens is 402 g/mol. The van der Waals surface area contributed by atoms with E-state index in [9.17, 15) is 0 Å². The molecule has 2 N–H and O–H groups in total. The van der Waals surface area contributed by atoms with Gasteiger partial charge in [-0.3, -0.25) is 4.68 Å². The third-order valence-corrected chi connectivity index (χ3v) is 7.21. The Morgan fingerprint density at radius 3 is 2.80 bits per heavy atom. The van der Waals surface area contributed by atoms with Crippen molar-refractivity contribution in [3.8, 4) is 0 Å². The van der Waals surface area contributed by atoms with Gasteiger partial charge >= 0.3 is 0 Å². The van der Waals surface area contributed by atoms with Gasteiger partial charge in [0.15, 0.2) is 0 Å². The second kappa shape index (κ2) is 6.30. The number of nitrogens with two attached hydrogens (primary N) is 1. The number of nitrogens with zero attached hydrogens (tertiary/aromatic N) is 2. The zero-order chi connectivity index (χ0) is 14.1. The lowest BCUT2D eigenvalue weighted by molar-refractivity contribution is 0.461. The first-order valence-corrected chi connectivity index (χ1v) is 9.28. The van der Waals surface area contributed by atoms with Crippen molar-refractivity contribution < 1.29 is 0 Å². The summed E-state index contributed by atoms with van der Waals surface area (Å²) in [6.45, 7) is 0. The second-order valence-electron chi connectivity index (χ2n) is 5.31. The molecule has 2 aromatic heterocycles. The molecule has 0 aliphatic heterocycles. The zero-order valence-corrected chi connectivity index (χ0v) is 15.0. The Kier molecular flexibility index (Phi) is 4.65. The molecule has 2 aromatic rings. The maximum Gasteiger partial charge on any atom is 0.0843 e. The highest BCUT2D eigenvalue weighted by Gasteiger charge is 2.19. The first-order valence-electron chi connectivity index (χ1n) is 6.88. The number of hydrogen-bond donors (Lipinski definition) is 1. The summed E-state index contributed by atoms with van der Waals surface area (Å²) in [7, 11) is 0. The molecule has 0 radical (unpaired) electrons. The highest BCUT2D eigenvalue weighted by atomic mass is 79.9. The van der Waals surface area contributed by atoms with Crippen LogP contribution in [0.25, 0.3) is 0 Å². The van der Waals surface area contributed by atoms with Crippen LogP contribution in [0, 0.1) is 0 Å². The van der Waals surface area contributed by atoms with E-state index in [1.54, 1.807) is 11.3 Å². The van der Waals surface area contributed by atoms with Gasteiger partial charge in [0.25, 0.3) is 0 Å². The normalized spacial score (nSPS) is 17.8. The van der Waals surface area contributed by atoms with Gasteiger partial charge in [-0.1, -0.05) is 12.8 Å². The van der Waals surface area contributed by atoms with E-state index in [0.717, 1.165) is 20.4 Å². The SMILES string of the molecule is NC(Cc1ccn(C2CCCC2)n1)c1cc(Br)c(Br)s1. The van der Waals surface area contributed by atoms with Crippen LogP contribution < -0.4 is 5.73 Å². The van der Waals surface area contributed by atoms with E-state index in [0.29, 0.717) is 6.04 Å².